The maximum absolute atomic E-state index is 8.98. The van der Waals surface area contributed by atoms with Gasteiger partial charge in [0.05, 0.1) is 16.9 Å². The minimum atomic E-state index is 0.564. The van der Waals surface area contributed by atoms with Crippen molar-refractivity contribution in [3.8, 4) is 6.07 Å². The summed E-state index contributed by atoms with van der Waals surface area (Å²) in [5.74, 6) is 5.97. The zero-order valence-electron chi connectivity index (χ0n) is 8.67. The largest absolute Gasteiger partial charge is 0.278 e. The van der Waals surface area contributed by atoms with Gasteiger partial charge < -0.3 is 0 Å². The SMILES string of the molecule is N#Cc1ccccc1N(N)c1ccccc1. The van der Waals surface area contributed by atoms with E-state index in [1.165, 1.54) is 5.01 Å². The monoisotopic (exact) mass is 209 g/mol. The average molecular weight is 209 g/mol. The summed E-state index contributed by atoms with van der Waals surface area (Å²) in [6.07, 6.45) is 0. The quantitative estimate of drug-likeness (QED) is 0.611. The van der Waals surface area contributed by atoms with Crippen LogP contribution in [0.1, 0.15) is 5.56 Å². The Morgan fingerprint density at radius 2 is 1.56 bits per heavy atom. The Balaban J connectivity index is 2.42. The van der Waals surface area contributed by atoms with Crippen LogP contribution in [-0.2, 0) is 0 Å². The number of anilines is 2. The van der Waals surface area contributed by atoms with Crippen molar-refractivity contribution in [2.75, 3.05) is 5.01 Å². The van der Waals surface area contributed by atoms with Gasteiger partial charge in [-0.15, -0.1) is 0 Å². The molecular weight excluding hydrogens is 198 g/mol. The van der Waals surface area contributed by atoms with Gasteiger partial charge in [0, 0.05) is 0 Å². The van der Waals surface area contributed by atoms with Gasteiger partial charge in [-0.3, -0.25) is 5.01 Å². The van der Waals surface area contributed by atoms with Crippen LogP contribution in [0.4, 0.5) is 11.4 Å². The molecule has 2 rings (SSSR count). The summed E-state index contributed by atoms with van der Waals surface area (Å²) in [4.78, 5) is 0. The van der Waals surface area contributed by atoms with Crippen molar-refractivity contribution >= 4 is 11.4 Å². The fraction of sp³-hybridized carbons (Fsp3) is 0. The van der Waals surface area contributed by atoms with Crippen molar-refractivity contribution < 1.29 is 0 Å². The van der Waals surface area contributed by atoms with Gasteiger partial charge in [0.1, 0.15) is 6.07 Å². The van der Waals surface area contributed by atoms with Crippen LogP contribution in [0.5, 0.6) is 0 Å². The molecule has 3 nitrogen and oxygen atoms in total. The van der Waals surface area contributed by atoms with E-state index in [9.17, 15) is 0 Å². The normalized spacial score (nSPS) is 9.50. The molecule has 0 fully saturated rings. The number of hydrogen-bond donors (Lipinski definition) is 1. The molecule has 16 heavy (non-hydrogen) atoms. The number of hydrogen-bond acceptors (Lipinski definition) is 3. The Bertz CT molecular complexity index is 514. The first kappa shape index (κ1) is 10.2. The lowest BCUT2D eigenvalue weighted by molar-refractivity contribution is 1.08. The third kappa shape index (κ3) is 1.88. The molecule has 0 saturated heterocycles. The second kappa shape index (κ2) is 4.47. The number of rotatable bonds is 2. The second-order valence-corrected chi connectivity index (χ2v) is 3.33. The van der Waals surface area contributed by atoms with Crippen LogP contribution in [-0.4, -0.2) is 0 Å². The minimum Gasteiger partial charge on any atom is -0.278 e. The molecule has 0 aromatic heterocycles. The Morgan fingerprint density at radius 3 is 2.25 bits per heavy atom. The van der Waals surface area contributed by atoms with Crippen LogP contribution < -0.4 is 10.9 Å². The molecule has 3 heteroatoms. The molecule has 0 aliphatic carbocycles. The van der Waals surface area contributed by atoms with Gasteiger partial charge in [0.25, 0.3) is 0 Å². The van der Waals surface area contributed by atoms with Crippen LogP contribution in [0.2, 0.25) is 0 Å². The van der Waals surface area contributed by atoms with E-state index in [0.717, 1.165) is 5.69 Å². The summed E-state index contributed by atoms with van der Waals surface area (Å²) >= 11 is 0. The molecule has 0 bridgehead atoms. The van der Waals surface area contributed by atoms with E-state index >= 15 is 0 Å². The van der Waals surface area contributed by atoms with E-state index in [-0.39, 0.29) is 0 Å². The van der Waals surface area contributed by atoms with E-state index in [4.69, 9.17) is 11.1 Å². The first-order chi connectivity index (χ1) is 7.83. The van der Waals surface area contributed by atoms with Crippen LogP contribution in [0.15, 0.2) is 54.6 Å². The van der Waals surface area contributed by atoms with Crippen LogP contribution >= 0.6 is 0 Å². The zero-order chi connectivity index (χ0) is 11.4. The summed E-state index contributed by atoms with van der Waals surface area (Å²) in [6, 6.07) is 18.9. The van der Waals surface area contributed by atoms with E-state index < -0.39 is 0 Å². The number of nitrogens with two attached hydrogens (primary N) is 1. The molecule has 0 radical (unpaired) electrons. The van der Waals surface area contributed by atoms with Gasteiger partial charge in [-0.1, -0.05) is 30.3 Å². The highest BCUT2D eigenvalue weighted by molar-refractivity contribution is 5.67. The van der Waals surface area contributed by atoms with E-state index in [2.05, 4.69) is 6.07 Å². The standard InChI is InChI=1S/C13H11N3/c14-10-11-6-4-5-9-13(11)16(15)12-7-2-1-3-8-12/h1-9H,15H2. The molecule has 78 valence electrons. The topological polar surface area (TPSA) is 53.0 Å². The molecule has 0 spiro atoms. The number of benzene rings is 2. The van der Waals surface area contributed by atoms with Crippen molar-refractivity contribution in [1.29, 1.82) is 5.26 Å². The average Bonchev–Trinajstić information content (AvgIpc) is 2.39. The van der Waals surface area contributed by atoms with Gasteiger partial charge in [-0.2, -0.15) is 5.26 Å². The Kier molecular flexibility index (Phi) is 2.86. The Hall–Kier alpha value is -2.31. The minimum absolute atomic E-state index is 0.564. The van der Waals surface area contributed by atoms with Crippen molar-refractivity contribution in [3.63, 3.8) is 0 Å². The van der Waals surface area contributed by atoms with Crippen LogP contribution in [0, 0.1) is 11.3 Å². The summed E-state index contributed by atoms with van der Waals surface area (Å²) < 4.78 is 0. The van der Waals surface area contributed by atoms with Gasteiger partial charge in [0.15, 0.2) is 0 Å². The molecule has 0 heterocycles. The molecule has 0 unspecified atom stereocenters. The van der Waals surface area contributed by atoms with Gasteiger partial charge in [-0.05, 0) is 24.3 Å². The Labute approximate surface area is 94.3 Å². The molecule has 0 aliphatic heterocycles. The molecule has 0 atom stereocenters. The fourth-order valence-corrected chi connectivity index (χ4v) is 1.51. The van der Waals surface area contributed by atoms with Crippen molar-refractivity contribution in [2.24, 2.45) is 5.84 Å². The highest BCUT2D eigenvalue weighted by Gasteiger charge is 2.08. The van der Waals surface area contributed by atoms with E-state index in [0.29, 0.717) is 11.3 Å². The van der Waals surface area contributed by atoms with Crippen LogP contribution in [0.3, 0.4) is 0 Å². The summed E-state index contributed by atoms with van der Waals surface area (Å²) in [7, 11) is 0. The molecule has 2 aromatic carbocycles. The van der Waals surface area contributed by atoms with Gasteiger partial charge in [0.2, 0.25) is 0 Å². The molecule has 2 aromatic rings. The zero-order valence-corrected chi connectivity index (χ0v) is 8.67. The van der Waals surface area contributed by atoms with E-state index in [1.807, 2.05) is 48.5 Å². The molecule has 0 aliphatic rings. The summed E-state index contributed by atoms with van der Waals surface area (Å²) in [5.41, 5.74) is 2.12. The maximum Gasteiger partial charge on any atom is 0.101 e. The van der Waals surface area contributed by atoms with Crippen molar-refractivity contribution in [3.05, 3.63) is 60.2 Å². The summed E-state index contributed by atoms with van der Waals surface area (Å²) in [5, 5.41) is 10.5. The number of nitrogens with zero attached hydrogens (tertiary/aromatic N) is 2. The van der Waals surface area contributed by atoms with Crippen LogP contribution in [0.25, 0.3) is 0 Å². The highest BCUT2D eigenvalue weighted by Crippen LogP contribution is 2.24. The fourth-order valence-electron chi connectivity index (χ4n) is 1.51. The first-order valence-electron chi connectivity index (χ1n) is 4.92. The molecule has 0 amide bonds. The number of nitriles is 1. The molecule has 0 saturated carbocycles. The lowest BCUT2D eigenvalue weighted by Gasteiger charge is -2.19. The smallest absolute Gasteiger partial charge is 0.101 e. The number of hydrazine groups is 1. The lowest BCUT2D eigenvalue weighted by atomic mass is 10.2. The number of para-hydroxylation sites is 2. The Morgan fingerprint density at radius 1 is 0.938 bits per heavy atom. The maximum atomic E-state index is 8.98. The predicted octanol–water partition coefficient (Wildman–Crippen LogP) is 2.57. The third-order valence-corrected chi connectivity index (χ3v) is 2.32. The lowest BCUT2D eigenvalue weighted by Crippen LogP contribution is -2.25. The molecule has 2 N–H and O–H groups in total. The summed E-state index contributed by atoms with van der Waals surface area (Å²) in [6.45, 7) is 0. The highest BCUT2D eigenvalue weighted by atomic mass is 15.4. The second-order valence-electron chi connectivity index (χ2n) is 3.33. The predicted molar refractivity (Wildman–Crippen MR) is 63.9 cm³/mol. The first-order valence-corrected chi connectivity index (χ1v) is 4.92. The van der Waals surface area contributed by atoms with Crippen molar-refractivity contribution in [1.82, 2.24) is 0 Å². The molecular formula is C13H11N3. The van der Waals surface area contributed by atoms with Crippen molar-refractivity contribution in [2.45, 2.75) is 0 Å². The van der Waals surface area contributed by atoms with Gasteiger partial charge >= 0.3 is 0 Å². The third-order valence-electron chi connectivity index (χ3n) is 2.32. The van der Waals surface area contributed by atoms with E-state index in [1.54, 1.807) is 6.07 Å². The van der Waals surface area contributed by atoms with Gasteiger partial charge in [-0.25, -0.2) is 5.84 Å².